The summed E-state index contributed by atoms with van der Waals surface area (Å²) in [7, 11) is -7.47. The zero-order valence-electron chi connectivity index (χ0n) is 21.2. The summed E-state index contributed by atoms with van der Waals surface area (Å²) in [6, 6.07) is 5.65. The van der Waals surface area contributed by atoms with Crippen molar-refractivity contribution in [3.8, 4) is 5.75 Å². The molecule has 36 heavy (non-hydrogen) atoms. The molecule has 1 amide bonds. The molecule has 0 unspecified atom stereocenters. The lowest BCUT2D eigenvalue weighted by Gasteiger charge is -2.38. The molecule has 0 atom stereocenters. The van der Waals surface area contributed by atoms with Crippen LogP contribution in [0.2, 0.25) is 0 Å². The average Bonchev–Trinajstić information content (AvgIpc) is 2.86. The number of ether oxygens (including phenoxy) is 2. The molecule has 2 aliphatic heterocycles. The molecule has 2 saturated heterocycles. The summed E-state index contributed by atoms with van der Waals surface area (Å²) in [6.45, 7) is 8.00. The predicted octanol–water partition coefficient (Wildman–Crippen LogP) is 2.37. The van der Waals surface area contributed by atoms with Crippen LogP contribution in [0.15, 0.2) is 29.2 Å². The molecule has 1 aromatic rings. The van der Waals surface area contributed by atoms with Crippen LogP contribution in [0.4, 0.5) is 0 Å². The Bertz CT molecular complexity index is 1100. The lowest BCUT2D eigenvalue weighted by molar-refractivity contribution is -0.134. The number of hydroxylamine groups is 1. The maximum absolute atomic E-state index is 13.3. The zero-order chi connectivity index (χ0) is 26.6. The van der Waals surface area contributed by atoms with E-state index in [9.17, 15) is 21.6 Å². The predicted molar refractivity (Wildman–Crippen MR) is 134 cm³/mol. The van der Waals surface area contributed by atoms with Crippen molar-refractivity contribution >= 4 is 25.8 Å². The Morgan fingerprint density at radius 2 is 1.69 bits per heavy atom. The highest BCUT2D eigenvalue weighted by Crippen LogP contribution is 2.36. The number of carbonyl (C=O) groups is 1. The molecule has 2 heterocycles. The fourth-order valence-corrected chi connectivity index (χ4v) is 8.37. The minimum Gasteiger partial charge on any atom is -0.494 e. The van der Waals surface area contributed by atoms with Gasteiger partial charge in [0.2, 0.25) is 10.0 Å². The van der Waals surface area contributed by atoms with E-state index in [-0.39, 0.29) is 48.7 Å². The number of rotatable bonds is 9. The molecular formula is C24H38N2O8S2. The standard InChI is InChI=1S/C24H38N2O8S2/c1-23(2,3)19-9-13-26(14-10-19)35(29,30)18-4-15-34-20-5-7-21(8-6-20)36(31,32)24(22(27)25-28)11-16-33-17-12-24/h5-8,19,28H,4,9-18H2,1-3H3,(H,25,27). The first-order valence-corrected chi connectivity index (χ1v) is 15.4. The van der Waals surface area contributed by atoms with E-state index in [2.05, 4.69) is 20.8 Å². The molecule has 204 valence electrons. The normalized spacial score (nSPS) is 20.1. The van der Waals surface area contributed by atoms with Gasteiger partial charge in [0.25, 0.3) is 5.91 Å². The van der Waals surface area contributed by atoms with E-state index in [0.717, 1.165) is 12.8 Å². The number of amides is 1. The Balaban J connectivity index is 1.54. The number of carbonyl (C=O) groups excluding carboxylic acids is 1. The second kappa shape index (κ2) is 11.3. The van der Waals surface area contributed by atoms with Crippen molar-refractivity contribution in [2.75, 3.05) is 38.7 Å². The van der Waals surface area contributed by atoms with E-state index in [4.69, 9.17) is 14.7 Å². The lowest BCUT2D eigenvalue weighted by atomic mass is 9.76. The molecular weight excluding hydrogens is 508 g/mol. The van der Waals surface area contributed by atoms with Crippen LogP contribution in [0.5, 0.6) is 5.75 Å². The van der Waals surface area contributed by atoms with Crippen LogP contribution >= 0.6 is 0 Å². The molecule has 3 rings (SSSR count). The molecule has 0 aromatic heterocycles. The summed E-state index contributed by atoms with van der Waals surface area (Å²) >= 11 is 0. The summed E-state index contributed by atoms with van der Waals surface area (Å²) in [4.78, 5) is 12.3. The van der Waals surface area contributed by atoms with Gasteiger partial charge in [-0.25, -0.2) is 26.6 Å². The minimum absolute atomic E-state index is 0.0134. The van der Waals surface area contributed by atoms with Crippen LogP contribution in [0.1, 0.15) is 52.9 Å². The van der Waals surface area contributed by atoms with Crippen LogP contribution in [0.3, 0.4) is 0 Å². The molecule has 0 spiro atoms. The van der Waals surface area contributed by atoms with E-state index in [1.54, 1.807) is 4.31 Å². The van der Waals surface area contributed by atoms with Crippen molar-refractivity contribution < 1.29 is 36.3 Å². The zero-order valence-corrected chi connectivity index (χ0v) is 22.9. The molecule has 10 nitrogen and oxygen atoms in total. The minimum atomic E-state index is -4.11. The molecule has 2 N–H and O–H groups in total. The first-order chi connectivity index (χ1) is 16.8. The number of piperidine rings is 1. The van der Waals surface area contributed by atoms with E-state index < -0.39 is 30.5 Å². The molecule has 2 aliphatic rings. The third-order valence-corrected chi connectivity index (χ3v) is 11.8. The van der Waals surface area contributed by atoms with E-state index in [1.165, 1.54) is 29.7 Å². The number of nitrogens with one attached hydrogen (secondary N) is 1. The Morgan fingerprint density at radius 3 is 2.22 bits per heavy atom. The fraction of sp³-hybridized carbons (Fsp3) is 0.708. The van der Waals surface area contributed by atoms with Gasteiger partial charge in [0, 0.05) is 26.3 Å². The second-order valence-corrected chi connectivity index (χ2v) is 14.9. The van der Waals surface area contributed by atoms with Crippen molar-refractivity contribution in [3.05, 3.63) is 24.3 Å². The summed E-state index contributed by atoms with van der Waals surface area (Å²) in [5, 5.41) is 9.14. The van der Waals surface area contributed by atoms with Gasteiger partial charge in [-0.05, 0) is 67.7 Å². The highest BCUT2D eigenvalue weighted by atomic mass is 32.2. The molecule has 12 heteroatoms. The fourth-order valence-electron chi connectivity index (χ4n) is 4.92. The van der Waals surface area contributed by atoms with Crippen molar-refractivity contribution in [1.82, 2.24) is 9.79 Å². The smallest absolute Gasteiger partial charge is 0.265 e. The third-order valence-electron chi connectivity index (χ3n) is 7.35. The van der Waals surface area contributed by atoms with Gasteiger partial charge in [-0.15, -0.1) is 0 Å². The van der Waals surface area contributed by atoms with Gasteiger partial charge < -0.3 is 9.47 Å². The molecule has 0 saturated carbocycles. The van der Waals surface area contributed by atoms with Crippen molar-refractivity contribution in [1.29, 1.82) is 0 Å². The Hall–Kier alpha value is -1.73. The van der Waals surface area contributed by atoms with Gasteiger partial charge in [-0.2, -0.15) is 0 Å². The Morgan fingerprint density at radius 1 is 1.11 bits per heavy atom. The van der Waals surface area contributed by atoms with Crippen molar-refractivity contribution in [2.24, 2.45) is 11.3 Å². The Kier molecular flexibility index (Phi) is 9.08. The van der Waals surface area contributed by atoms with Crippen molar-refractivity contribution in [3.63, 3.8) is 0 Å². The summed E-state index contributed by atoms with van der Waals surface area (Å²) in [5.41, 5.74) is 1.67. The van der Waals surface area contributed by atoms with Gasteiger partial charge >= 0.3 is 0 Å². The number of benzene rings is 1. The number of hydrogen-bond donors (Lipinski definition) is 2. The summed E-state index contributed by atoms with van der Waals surface area (Å²) < 4.78 is 62.6. The van der Waals surface area contributed by atoms with Crippen LogP contribution in [0.25, 0.3) is 0 Å². The highest BCUT2D eigenvalue weighted by Gasteiger charge is 2.52. The molecule has 1 aromatic carbocycles. The topological polar surface area (TPSA) is 139 Å². The molecule has 0 aliphatic carbocycles. The largest absolute Gasteiger partial charge is 0.494 e. The molecule has 0 radical (unpaired) electrons. The third kappa shape index (κ3) is 6.21. The van der Waals surface area contributed by atoms with Gasteiger partial charge in [0.15, 0.2) is 14.6 Å². The highest BCUT2D eigenvalue weighted by molar-refractivity contribution is 7.93. The summed E-state index contributed by atoms with van der Waals surface area (Å²) in [6.07, 6.45) is 1.90. The number of nitrogens with zero attached hydrogens (tertiary/aromatic N) is 1. The van der Waals surface area contributed by atoms with Gasteiger partial charge in [0.05, 0.1) is 17.3 Å². The van der Waals surface area contributed by atoms with Crippen LogP contribution in [-0.2, 0) is 29.4 Å². The maximum atomic E-state index is 13.3. The van der Waals surface area contributed by atoms with Crippen LogP contribution in [-0.4, -0.2) is 75.7 Å². The number of sulfone groups is 1. The SMILES string of the molecule is CC(C)(C)C1CCN(S(=O)(=O)CCCOc2ccc(S(=O)(=O)C3(C(=O)NO)CCOCC3)cc2)CC1. The van der Waals surface area contributed by atoms with Crippen molar-refractivity contribution in [2.45, 2.75) is 62.5 Å². The molecule has 0 bridgehead atoms. The van der Waals surface area contributed by atoms with Crippen LogP contribution in [0, 0.1) is 11.3 Å². The monoisotopic (exact) mass is 546 g/mol. The average molecular weight is 547 g/mol. The molecule has 2 fully saturated rings. The van der Waals surface area contributed by atoms with Crippen LogP contribution < -0.4 is 10.2 Å². The second-order valence-electron chi connectivity index (χ2n) is 10.6. The first kappa shape index (κ1) is 28.8. The maximum Gasteiger partial charge on any atom is 0.265 e. The first-order valence-electron chi connectivity index (χ1n) is 12.3. The van der Waals surface area contributed by atoms with E-state index in [1.807, 2.05) is 0 Å². The van der Waals surface area contributed by atoms with Gasteiger partial charge in [-0.3, -0.25) is 10.0 Å². The van der Waals surface area contributed by atoms with E-state index in [0.29, 0.717) is 31.2 Å². The van der Waals surface area contributed by atoms with E-state index >= 15 is 0 Å². The van der Waals surface area contributed by atoms with Gasteiger partial charge in [-0.1, -0.05) is 20.8 Å². The quantitative estimate of drug-likeness (QED) is 0.273. The summed E-state index contributed by atoms with van der Waals surface area (Å²) in [5.74, 6) is -0.0843. The Labute approximate surface area is 214 Å². The number of hydrogen-bond acceptors (Lipinski definition) is 8. The van der Waals surface area contributed by atoms with Gasteiger partial charge in [0.1, 0.15) is 5.75 Å². The number of sulfonamides is 1. The lowest BCUT2D eigenvalue weighted by Crippen LogP contribution is -2.54.